The fraction of sp³-hybridized carbons (Fsp3) is 0.636. The zero-order valence-electron chi connectivity index (χ0n) is 53.2. The van der Waals surface area contributed by atoms with Gasteiger partial charge in [0, 0.05) is 12.8 Å². The summed E-state index contributed by atoms with van der Waals surface area (Å²) in [7, 11) is 0. The van der Waals surface area contributed by atoms with Crippen LogP contribution in [-0.2, 0) is 19.1 Å². The van der Waals surface area contributed by atoms with Gasteiger partial charge in [-0.2, -0.15) is 0 Å². The van der Waals surface area contributed by atoms with Crippen molar-refractivity contribution in [1.29, 1.82) is 0 Å². The Labute approximate surface area is 507 Å². The molecule has 5 heteroatoms. The largest absolute Gasteiger partial charge is 0.462 e. The molecule has 0 radical (unpaired) electrons. The number of aliphatic hydroxyl groups excluding tert-OH is 1. The Kier molecular flexibility index (Phi) is 66.9. The highest BCUT2D eigenvalue weighted by atomic mass is 16.6. The Morgan fingerprint density at radius 2 is 0.524 bits per heavy atom. The number of esters is 2. The summed E-state index contributed by atoms with van der Waals surface area (Å²) in [5.74, 6) is -0.621. The Balaban J connectivity index is 3.61. The van der Waals surface area contributed by atoms with Gasteiger partial charge in [0.2, 0.25) is 0 Å². The second kappa shape index (κ2) is 70.8. The highest BCUT2D eigenvalue weighted by Gasteiger charge is 2.16. The molecule has 0 aliphatic rings. The normalized spacial score (nSPS) is 13.3. The molecule has 0 aliphatic carbocycles. The van der Waals surface area contributed by atoms with Crippen LogP contribution < -0.4 is 0 Å². The lowest BCUT2D eigenvalue weighted by Gasteiger charge is -2.15. The van der Waals surface area contributed by atoms with Gasteiger partial charge in [0.15, 0.2) is 6.10 Å². The molecule has 0 saturated carbocycles. The summed E-state index contributed by atoms with van der Waals surface area (Å²) in [6.07, 6.45) is 108. The smallest absolute Gasteiger partial charge is 0.306 e. The summed E-state index contributed by atoms with van der Waals surface area (Å²) in [6.45, 7) is 4.02. The molecule has 0 rings (SSSR count). The SMILES string of the molecule is CC/C=C\C/C=C\C/C=C\C/C=C\C/C=C\C/C=C\C/C=C\C/C=C\C/C=C\C/C=C\C/C=C\C/C=C\CCCCCCC(=O)OC(CO)COC(=O)CCCCCCCCCCCCCCCCC/C=C\CCCCCCCCCC. The molecule has 0 saturated heterocycles. The second-order valence-corrected chi connectivity index (χ2v) is 22.2. The first-order valence-electron chi connectivity index (χ1n) is 34.0. The predicted octanol–water partition coefficient (Wildman–Crippen LogP) is 23.9. The lowest BCUT2D eigenvalue weighted by Crippen LogP contribution is -2.28. The van der Waals surface area contributed by atoms with E-state index >= 15 is 0 Å². The molecule has 0 spiro atoms. The van der Waals surface area contributed by atoms with E-state index in [1.807, 2.05) is 0 Å². The van der Waals surface area contributed by atoms with Crippen LogP contribution in [0.2, 0.25) is 0 Å². The van der Waals surface area contributed by atoms with E-state index in [0.717, 1.165) is 128 Å². The second-order valence-electron chi connectivity index (χ2n) is 22.2. The third-order valence-electron chi connectivity index (χ3n) is 14.3. The van der Waals surface area contributed by atoms with E-state index < -0.39 is 6.10 Å². The molecule has 1 atom stereocenters. The standard InChI is InChI=1S/C77H126O5/c1-3-5-7-9-11-13-15-17-19-21-23-25-27-29-31-32-33-34-35-36-37-38-39-40-41-42-43-44-46-48-50-52-54-56-58-60-62-64-66-68-70-72-77(80)82-75(73-78)74-81-76(79)71-69-67-65-63-61-59-57-55-53-51-49-47-45-30-28-26-24-22-20-18-16-14-12-10-8-6-4-2/h5,7,11,13,17,19,22-25,29,31,33-34,36-37,39-40,42-43,46,48,52,54,58,60,75,78H,3-4,6,8-10,12,14-16,18,20-21,26-28,30,32,35,38,41,44-45,47,49-51,53,55-57,59,61-74H2,1-2H3/b7-5-,13-11-,19-17-,24-22-,25-23-,31-29-,34-33-,37-36-,40-39-,43-42-,48-46-,54-52-,60-58-. The minimum atomic E-state index is -0.797. The predicted molar refractivity (Wildman–Crippen MR) is 361 cm³/mol. The van der Waals surface area contributed by atoms with Crippen LogP contribution in [0.25, 0.3) is 0 Å². The van der Waals surface area contributed by atoms with Gasteiger partial charge in [-0.05, 0) is 128 Å². The average Bonchev–Trinajstić information content (AvgIpc) is 3.49. The quantitative estimate of drug-likeness (QED) is 0.0373. The summed E-state index contributed by atoms with van der Waals surface area (Å²) >= 11 is 0. The topological polar surface area (TPSA) is 72.8 Å². The fourth-order valence-corrected chi connectivity index (χ4v) is 9.24. The molecule has 0 fully saturated rings. The van der Waals surface area contributed by atoms with E-state index in [2.05, 4.69) is 172 Å². The van der Waals surface area contributed by atoms with Gasteiger partial charge in [-0.1, -0.05) is 313 Å². The number of hydrogen-bond acceptors (Lipinski definition) is 5. The lowest BCUT2D eigenvalue weighted by molar-refractivity contribution is -0.161. The molecule has 1 N–H and O–H groups in total. The van der Waals surface area contributed by atoms with Crippen molar-refractivity contribution in [3.8, 4) is 0 Å². The number of carbonyl (C=O) groups is 2. The van der Waals surface area contributed by atoms with Crippen molar-refractivity contribution >= 4 is 11.9 Å². The number of unbranched alkanes of at least 4 members (excludes halogenated alkanes) is 27. The van der Waals surface area contributed by atoms with Crippen LogP contribution in [0.4, 0.5) is 0 Å². The van der Waals surface area contributed by atoms with Crippen molar-refractivity contribution in [2.24, 2.45) is 0 Å². The van der Waals surface area contributed by atoms with Crippen molar-refractivity contribution in [3.05, 3.63) is 158 Å². The van der Waals surface area contributed by atoms with E-state index in [-0.39, 0.29) is 25.2 Å². The number of rotatable bonds is 61. The third-order valence-corrected chi connectivity index (χ3v) is 14.3. The number of hydrogen-bond donors (Lipinski definition) is 1. The summed E-state index contributed by atoms with van der Waals surface area (Å²) < 4.78 is 10.7. The van der Waals surface area contributed by atoms with Crippen molar-refractivity contribution in [2.45, 2.75) is 302 Å². The molecular weight excluding hydrogens is 1000 g/mol. The van der Waals surface area contributed by atoms with E-state index in [4.69, 9.17) is 9.47 Å². The molecule has 0 aliphatic heterocycles. The van der Waals surface area contributed by atoms with Gasteiger partial charge < -0.3 is 14.6 Å². The van der Waals surface area contributed by atoms with Crippen LogP contribution in [-0.4, -0.2) is 36.4 Å². The number of allylic oxidation sites excluding steroid dienone is 26. The van der Waals surface area contributed by atoms with Gasteiger partial charge in [-0.15, -0.1) is 0 Å². The van der Waals surface area contributed by atoms with Gasteiger partial charge in [0.1, 0.15) is 6.61 Å². The minimum Gasteiger partial charge on any atom is -0.462 e. The molecule has 0 bridgehead atoms. The van der Waals surface area contributed by atoms with E-state index in [9.17, 15) is 14.7 Å². The van der Waals surface area contributed by atoms with Gasteiger partial charge in [0.05, 0.1) is 6.61 Å². The average molecular weight is 1130 g/mol. The summed E-state index contributed by atoms with van der Waals surface area (Å²) in [6, 6.07) is 0. The molecule has 464 valence electrons. The van der Waals surface area contributed by atoms with E-state index in [1.165, 1.54) is 141 Å². The molecule has 0 amide bonds. The maximum Gasteiger partial charge on any atom is 0.306 e. The molecule has 0 aromatic rings. The third kappa shape index (κ3) is 68.0. The molecule has 82 heavy (non-hydrogen) atoms. The first-order valence-corrected chi connectivity index (χ1v) is 34.0. The van der Waals surface area contributed by atoms with E-state index in [1.54, 1.807) is 0 Å². The fourth-order valence-electron chi connectivity index (χ4n) is 9.24. The van der Waals surface area contributed by atoms with Crippen LogP contribution in [0.1, 0.15) is 296 Å². The highest BCUT2D eigenvalue weighted by molar-refractivity contribution is 5.70. The van der Waals surface area contributed by atoms with Crippen LogP contribution in [0, 0.1) is 0 Å². The summed E-state index contributed by atoms with van der Waals surface area (Å²) in [5.41, 5.74) is 0. The Morgan fingerprint density at radius 1 is 0.293 bits per heavy atom. The van der Waals surface area contributed by atoms with Gasteiger partial charge >= 0.3 is 11.9 Å². The Morgan fingerprint density at radius 3 is 0.805 bits per heavy atom. The molecule has 1 unspecified atom stereocenters. The molecule has 5 nitrogen and oxygen atoms in total. The van der Waals surface area contributed by atoms with Gasteiger partial charge in [-0.3, -0.25) is 9.59 Å². The molecule has 0 aromatic carbocycles. The summed E-state index contributed by atoms with van der Waals surface area (Å²) in [5, 5.41) is 9.69. The van der Waals surface area contributed by atoms with Crippen molar-refractivity contribution in [1.82, 2.24) is 0 Å². The zero-order valence-corrected chi connectivity index (χ0v) is 53.2. The highest BCUT2D eigenvalue weighted by Crippen LogP contribution is 2.16. The van der Waals surface area contributed by atoms with Gasteiger partial charge in [-0.25, -0.2) is 0 Å². The molecule has 0 aromatic heterocycles. The lowest BCUT2D eigenvalue weighted by atomic mass is 10.0. The Hall–Kier alpha value is -4.48. The maximum atomic E-state index is 12.3. The first kappa shape index (κ1) is 77.5. The van der Waals surface area contributed by atoms with Crippen LogP contribution in [0.3, 0.4) is 0 Å². The monoisotopic (exact) mass is 1130 g/mol. The summed E-state index contributed by atoms with van der Waals surface area (Å²) in [4.78, 5) is 24.6. The van der Waals surface area contributed by atoms with Crippen LogP contribution in [0.15, 0.2) is 158 Å². The number of ether oxygens (including phenoxy) is 2. The minimum absolute atomic E-state index is 0.0833. The van der Waals surface area contributed by atoms with Crippen LogP contribution in [0.5, 0.6) is 0 Å². The van der Waals surface area contributed by atoms with Crippen molar-refractivity contribution < 1.29 is 24.2 Å². The first-order chi connectivity index (χ1) is 40.6. The van der Waals surface area contributed by atoms with Crippen LogP contribution >= 0.6 is 0 Å². The van der Waals surface area contributed by atoms with Crippen molar-refractivity contribution in [2.75, 3.05) is 13.2 Å². The maximum absolute atomic E-state index is 12.3. The molecular formula is C77H126O5. The number of carbonyl (C=O) groups excluding carboxylic acids is 2. The van der Waals surface area contributed by atoms with Crippen molar-refractivity contribution in [3.63, 3.8) is 0 Å². The Bertz CT molecular complexity index is 1760. The van der Waals surface area contributed by atoms with Gasteiger partial charge in [0.25, 0.3) is 0 Å². The molecule has 0 heterocycles. The number of aliphatic hydroxyl groups is 1. The van der Waals surface area contributed by atoms with E-state index in [0.29, 0.717) is 12.8 Å². The zero-order chi connectivity index (χ0) is 59.1.